The Hall–Kier alpha value is -0.780. The summed E-state index contributed by atoms with van der Waals surface area (Å²) in [5.74, 6) is 1.28. The number of hydrogen-bond acceptors (Lipinski definition) is 4. The van der Waals surface area contributed by atoms with Crippen molar-refractivity contribution in [3.63, 3.8) is 0 Å². The number of halogens is 1. The van der Waals surface area contributed by atoms with E-state index in [9.17, 15) is 0 Å². The third-order valence-electron chi connectivity index (χ3n) is 1.78. The third kappa shape index (κ3) is 2.37. The monoisotopic (exact) mass is 261 g/mol. The number of hydrogen-bond donors (Lipinski definition) is 2. The van der Waals surface area contributed by atoms with Gasteiger partial charge in [0.15, 0.2) is 11.5 Å². The third-order valence-corrected chi connectivity index (χ3v) is 2.37. The van der Waals surface area contributed by atoms with Crippen molar-refractivity contribution in [2.45, 2.75) is 6.54 Å². The van der Waals surface area contributed by atoms with Crippen LogP contribution in [0.5, 0.6) is 11.5 Å². The van der Waals surface area contributed by atoms with Gasteiger partial charge in [-0.2, -0.15) is 0 Å². The number of nitrogens with one attached hydrogen (secondary N) is 1. The fourth-order valence-corrected chi connectivity index (χ4v) is 1.82. The molecule has 78 valence electrons. The molecule has 0 aliphatic heterocycles. The maximum absolute atomic E-state index is 8.56. The fraction of sp³-hybridized carbons (Fsp3) is 0.333. The summed E-state index contributed by atoms with van der Waals surface area (Å²) in [5.41, 5.74) is 2.98. The maximum atomic E-state index is 8.56. The predicted molar refractivity (Wildman–Crippen MR) is 55.9 cm³/mol. The van der Waals surface area contributed by atoms with Gasteiger partial charge in [-0.15, -0.1) is 0 Å². The van der Waals surface area contributed by atoms with Gasteiger partial charge < -0.3 is 14.7 Å². The maximum Gasteiger partial charge on any atom is 0.174 e. The zero-order valence-corrected chi connectivity index (χ0v) is 9.59. The van der Waals surface area contributed by atoms with E-state index in [1.807, 2.05) is 6.07 Å². The Morgan fingerprint density at radius 1 is 1.36 bits per heavy atom. The van der Waals surface area contributed by atoms with Crippen molar-refractivity contribution < 1.29 is 14.7 Å². The van der Waals surface area contributed by atoms with Crippen LogP contribution >= 0.6 is 15.9 Å². The van der Waals surface area contributed by atoms with Gasteiger partial charge in [-0.25, -0.2) is 5.48 Å². The Kier molecular flexibility index (Phi) is 4.19. The number of ether oxygens (including phenoxy) is 2. The standard InChI is InChI=1S/C9H12BrNO3/c1-13-8-4-6(5-11-12)3-7(10)9(8)14-2/h3-4,11-12H,5H2,1-2H3. The summed E-state index contributed by atoms with van der Waals surface area (Å²) in [5, 5.41) is 8.56. The molecule has 0 saturated heterocycles. The normalized spacial score (nSPS) is 10.0. The molecule has 0 radical (unpaired) electrons. The summed E-state index contributed by atoms with van der Waals surface area (Å²) < 4.78 is 11.1. The molecule has 5 heteroatoms. The van der Waals surface area contributed by atoms with Crippen molar-refractivity contribution in [3.05, 3.63) is 22.2 Å². The van der Waals surface area contributed by atoms with Gasteiger partial charge in [0.25, 0.3) is 0 Å². The first-order valence-electron chi connectivity index (χ1n) is 4.00. The molecule has 0 aliphatic carbocycles. The average molecular weight is 262 g/mol. The molecule has 1 rings (SSSR count). The first-order valence-corrected chi connectivity index (χ1v) is 4.79. The summed E-state index contributed by atoms with van der Waals surface area (Å²) >= 11 is 3.35. The quantitative estimate of drug-likeness (QED) is 0.814. The smallest absolute Gasteiger partial charge is 0.174 e. The van der Waals surface area contributed by atoms with Crippen LogP contribution < -0.4 is 15.0 Å². The number of rotatable bonds is 4. The van der Waals surface area contributed by atoms with E-state index in [0.29, 0.717) is 18.0 Å². The second kappa shape index (κ2) is 5.19. The van der Waals surface area contributed by atoms with Crippen LogP contribution in [0.3, 0.4) is 0 Å². The molecule has 0 amide bonds. The molecular weight excluding hydrogens is 250 g/mol. The molecule has 0 atom stereocenters. The molecule has 0 saturated carbocycles. The van der Waals surface area contributed by atoms with Crippen LogP contribution in [0, 0.1) is 0 Å². The lowest BCUT2D eigenvalue weighted by molar-refractivity contribution is 0.161. The van der Waals surface area contributed by atoms with Crippen molar-refractivity contribution in [1.29, 1.82) is 0 Å². The van der Waals surface area contributed by atoms with E-state index in [0.717, 1.165) is 10.0 Å². The van der Waals surface area contributed by atoms with Gasteiger partial charge in [0.2, 0.25) is 0 Å². The second-order valence-corrected chi connectivity index (χ2v) is 3.50. The van der Waals surface area contributed by atoms with E-state index in [4.69, 9.17) is 14.7 Å². The topological polar surface area (TPSA) is 50.7 Å². The van der Waals surface area contributed by atoms with Crippen molar-refractivity contribution in [2.24, 2.45) is 0 Å². The van der Waals surface area contributed by atoms with Gasteiger partial charge in [-0.1, -0.05) is 0 Å². The van der Waals surface area contributed by atoms with E-state index in [1.165, 1.54) is 0 Å². The number of methoxy groups -OCH3 is 2. The second-order valence-electron chi connectivity index (χ2n) is 2.65. The molecule has 4 nitrogen and oxygen atoms in total. The molecule has 0 unspecified atom stereocenters. The zero-order valence-electron chi connectivity index (χ0n) is 8.00. The molecule has 0 aromatic heterocycles. The highest BCUT2D eigenvalue weighted by Crippen LogP contribution is 2.36. The Morgan fingerprint density at radius 2 is 2.07 bits per heavy atom. The lowest BCUT2D eigenvalue weighted by atomic mass is 10.2. The summed E-state index contributed by atoms with van der Waals surface area (Å²) in [4.78, 5) is 0. The lowest BCUT2D eigenvalue weighted by Gasteiger charge is -2.11. The van der Waals surface area contributed by atoms with Crippen LogP contribution in [0.1, 0.15) is 5.56 Å². The van der Waals surface area contributed by atoms with Crippen molar-refractivity contribution >= 4 is 15.9 Å². The Morgan fingerprint density at radius 3 is 2.57 bits per heavy atom. The van der Waals surface area contributed by atoms with E-state index < -0.39 is 0 Å². The van der Waals surface area contributed by atoms with Crippen LogP contribution in [0.4, 0.5) is 0 Å². The van der Waals surface area contributed by atoms with Crippen LogP contribution in [-0.4, -0.2) is 19.4 Å². The van der Waals surface area contributed by atoms with Crippen molar-refractivity contribution in [3.8, 4) is 11.5 Å². The predicted octanol–water partition coefficient (Wildman–Crippen LogP) is 1.95. The van der Waals surface area contributed by atoms with Crippen LogP contribution in [0.25, 0.3) is 0 Å². The van der Waals surface area contributed by atoms with Crippen LogP contribution in [0.15, 0.2) is 16.6 Å². The minimum absolute atomic E-state index is 0.360. The van der Waals surface area contributed by atoms with E-state index in [-0.39, 0.29) is 0 Å². The van der Waals surface area contributed by atoms with Crippen LogP contribution in [0.2, 0.25) is 0 Å². The van der Waals surface area contributed by atoms with Crippen molar-refractivity contribution in [1.82, 2.24) is 5.48 Å². The molecule has 14 heavy (non-hydrogen) atoms. The number of benzene rings is 1. The minimum Gasteiger partial charge on any atom is -0.493 e. The van der Waals surface area contributed by atoms with Gasteiger partial charge in [-0.05, 0) is 33.6 Å². The lowest BCUT2D eigenvalue weighted by Crippen LogP contribution is -2.06. The highest BCUT2D eigenvalue weighted by molar-refractivity contribution is 9.10. The molecule has 0 bridgehead atoms. The molecular formula is C9H12BrNO3. The van der Waals surface area contributed by atoms with Crippen LogP contribution in [-0.2, 0) is 6.54 Å². The average Bonchev–Trinajstić information content (AvgIpc) is 2.17. The molecule has 0 heterocycles. The van der Waals surface area contributed by atoms with Gasteiger partial charge in [0, 0.05) is 6.54 Å². The van der Waals surface area contributed by atoms with Gasteiger partial charge >= 0.3 is 0 Å². The SMILES string of the molecule is COc1cc(CNO)cc(Br)c1OC. The fourth-order valence-electron chi connectivity index (χ4n) is 1.16. The summed E-state index contributed by atoms with van der Waals surface area (Å²) in [6.07, 6.45) is 0. The first-order chi connectivity index (χ1) is 6.72. The molecule has 0 fully saturated rings. The molecule has 1 aromatic carbocycles. The van der Waals surface area contributed by atoms with Gasteiger partial charge in [0.05, 0.1) is 18.7 Å². The molecule has 0 spiro atoms. The van der Waals surface area contributed by atoms with Gasteiger partial charge in [-0.3, -0.25) is 0 Å². The van der Waals surface area contributed by atoms with Crippen molar-refractivity contribution in [2.75, 3.05) is 14.2 Å². The van der Waals surface area contributed by atoms with Gasteiger partial charge in [0.1, 0.15) is 0 Å². The summed E-state index contributed by atoms with van der Waals surface area (Å²) in [6.45, 7) is 0.360. The highest BCUT2D eigenvalue weighted by Gasteiger charge is 2.09. The molecule has 0 aliphatic rings. The molecule has 1 aromatic rings. The largest absolute Gasteiger partial charge is 0.493 e. The Labute approximate surface area is 90.9 Å². The molecule has 2 N–H and O–H groups in total. The first kappa shape index (κ1) is 11.3. The van der Waals surface area contributed by atoms with E-state index >= 15 is 0 Å². The Balaban J connectivity index is 3.10. The zero-order chi connectivity index (χ0) is 10.6. The number of hydroxylamine groups is 1. The van der Waals surface area contributed by atoms with E-state index in [1.54, 1.807) is 20.3 Å². The summed E-state index contributed by atoms with van der Waals surface area (Å²) in [6, 6.07) is 3.65. The van der Waals surface area contributed by atoms with E-state index in [2.05, 4.69) is 21.4 Å². The minimum atomic E-state index is 0.360. The summed E-state index contributed by atoms with van der Waals surface area (Å²) in [7, 11) is 3.15. The Bertz CT molecular complexity index is 317. The highest BCUT2D eigenvalue weighted by atomic mass is 79.9.